The summed E-state index contributed by atoms with van der Waals surface area (Å²) in [5.74, 6) is 0.301. The van der Waals surface area contributed by atoms with Crippen molar-refractivity contribution >= 4 is 40.2 Å². The van der Waals surface area contributed by atoms with Crippen molar-refractivity contribution in [3.8, 4) is 17.2 Å². The number of nitrogens with zero attached hydrogens (tertiary/aromatic N) is 4. The molecule has 3 heterocycles. The number of pyridine rings is 1. The second-order valence-corrected chi connectivity index (χ2v) is 10.1. The van der Waals surface area contributed by atoms with Gasteiger partial charge >= 0.3 is 6.03 Å². The van der Waals surface area contributed by atoms with Gasteiger partial charge in [0.25, 0.3) is 0 Å². The monoisotopic (exact) mass is 542 g/mol. The van der Waals surface area contributed by atoms with Gasteiger partial charge in [-0.05, 0) is 36.4 Å². The fraction of sp³-hybridized carbons (Fsp3) is 0.179. The van der Waals surface area contributed by atoms with Crippen molar-refractivity contribution in [3.05, 3.63) is 78.5 Å². The highest BCUT2D eigenvalue weighted by Gasteiger charge is 2.22. The Balaban J connectivity index is 1.33. The fourth-order valence-electron chi connectivity index (χ4n) is 3.89. The molecule has 5 aromatic rings. The average Bonchev–Trinajstić information content (AvgIpc) is 3.52. The van der Waals surface area contributed by atoms with Gasteiger partial charge in [-0.25, -0.2) is 18.9 Å². The predicted octanol–water partition coefficient (Wildman–Crippen LogP) is 5.97. The molecule has 0 bridgehead atoms. The molecule has 0 aliphatic heterocycles. The predicted molar refractivity (Wildman–Crippen MR) is 150 cm³/mol. The minimum absolute atomic E-state index is 0.0413. The van der Waals surface area contributed by atoms with Gasteiger partial charge in [-0.3, -0.25) is 15.2 Å². The Morgan fingerprint density at radius 1 is 0.975 bits per heavy atom. The van der Waals surface area contributed by atoms with Gasteiger partial charge in [0.2, 0.25) is 5.91 Å². The summed E-state index contributed by atoms with van der Waals surface area (Å²) in [6.07, 6.45) is 3.17. The fourth-order valence-corrected chi connectivity index (χ4v) is 3.89. The van der Waals surface area contributed by atoms with Gasteiger partial charge in [0.05, 0.1) is 28.8 Å². The molecule has 11 nitrogen and oxygen atoms in total. The van der Waals surface area contributed by atoms with Gasteiger partial charge in [0.1, 0.15) is 29.0 Å². The lowest BCUT2D eigenvalue weighted by molar-refractivity contribution is -0.114. The number of aromatic nitrogens is 5. The SMILES string of the molecule is CC(=O)Nc1cc(Oc2ccc(NC(=O)Nc3cc(C(C)(C)C)nn3-c3ccc4[nH]ncc4c3)c(F)c2)ccn1. The Labute approximate surface area is 228 Å². The topological polar surface area (TPSA) is 139 Å². The summed E-state index contributed by atoms with van der Waals surface area (Å²) >= 11 is 0. The smallest absolute Gasteiger partial charge is 0.324 e. The Kier molecular flexibility index (Phi) is 6.91. The molecular weight excluding hydrogens is 515 g/mol. The first-order valence-electron chi connectivity index (χ1n) is 12.4. The van der Waals surface area contributed by atoms with Crippen molar-refractivity contribution in [1.82, 2.24) is 25.0 Å². The molecule has 0 saturated carbocycles. The molecule has 0 radical (unpaired) electrons. The molecule has 5 rings (SSSR count). The van der Waals surface area contributed by atoms with Crippen LogP contribution in [0.1, 0.15) is 33.4 Å². The lowest BCUT2D eigenvalue weighted by atomic mass is 9.92. The largest absolute Gasteiger partial charge is 0.457 e. The third-order valence-electron chi connectivity index (χ3n) is 5.85. The van der Waals surface area contributed by atoms with Gasteiger partial charge in [-0.15, -0.1) is 0 Å². The van der Waals surface area contributed by atoms with Crippen LogP contribution < -0.4 is 20.7 Å². The molecule has 0 atom stereocenters. The molecule has 3 aromatic heterocycles. The Morgan fingerprint density at radius 3 is 2.52 bits per heavy atom. The summed E-state index contributed by atoms with van der Waals surface area (Å²) in [5.41, 5.74) is 2.04. The van der Waals surface area contributed by atoms with Crippen molar-refractivity contribution in [2.45, 2.75) is 33.1 Å². The zero-order valence-electron chi connectivity index (χ0n) is 22.2. The molecule has 0 saturated heterocycles. The highest BCUT2D eigenvalue weighted by molar-refractivity contribution is 5.99. The van der Waals surface area contributed by atoms with Gasteiger partial charge in [-0.1, -0.05) is 20.8 Å². The van der Waals surface area contributed by atoms with E-state index >= 15 is 0 Å². The third kappa shape index (κ3) is 5.90. The highest BCUT2D eigenvalue weighted by atomic mass is 19.1. The van der Waals surface area contributed by atoms with Gasteiger partial charge < -0.3 is 15.4 Å². The van der Waals surface area contributed by atoms with Crippen molar-refractivity contribution < 1.29 is 18.7 Å². The molecule has 40 heavy (non-hydrogen) atoms. The number of hydrogen-bond acceptors (Lipinski definition) is 6. The number of fused-ring (bicyclic) bond motifs is 1. The summed E-state index contributed by atoms with van der Waals surface area (Å²) < 4.78 is 22.2. The zero-order valence-corrected chi connectivity index (χ0v) is 22.2. The number of halogens is 1. The standard InChI is InChI=1S/C28H27FN8O3/c1-16(38)32-25-13-20(9-10-30-25)40-19-6-8-23(21(29)12-19)33-27(39)34-26-14-24(28(2,3)4)36-37(26)18-5-7-22-17(11-18)15-31-35-22/h5-15H,1-4H3,(H,31,35)(H,30,32,38)(H2,33,34,39). The number of nitrogens with one attached hydrogen (secondary N) is 4. The van der Waals surface area contributed by atoms with Crippen LogP contribution in [0.2, 0.25) is 0 Å². The quantitative estimate of drug-likeness (QED) is 0.208. The van der Waals surface area contributed by atoms with Gasteiger partial charge in [0, 0.05) is 42.1 Å². The molecule has 204 valence electrons. The first kappa shape index (κ1) is 26.4. The number of carbonyl (C=O) groups excluding carboxylic acids is 2. The van der Waals surface area contributed by atoms with E-state index in [-0.39, 0.29) is 22.8 Å². The lowest BCUT2D eigenvalue weighted by Crippen LogP contribution is -2.22. The van der Waals surface area contributed by atoms with Crippen LogP contribution in [0.25, 0.3) is 16.6 Å². The maximum absolute atomic E-state index is 14.9. The summed E-state index contributed by atoms with van der Waals surface area (Å²) in [6.45, 7) is 7.43. The molecule has 2 aromatic carbocycles. The van der Waals surface area contributed by atoms with Crippen LogP contribution in [0.15, 0.2) is 67.0 Å². The molecule has 12 heteroatoms. The van der Waals surface area contributed by atoms with E-state index in [0.29, 0.717) is 17.4 Å². The van der Waals surface area contributed by atoms with Crippen molar-refractivity contribution in [2.75, 3.05) is 16.0 Å². The summed E-state index contributed by atoms with van der Waals surface area (Å²) in [5, 5.41) is 20.5. The summed E-state index contributed by atoms with van der Waals surface area (Å²) in [4.78, 5) is 28.2. The number of rotatable bonds is 6. The molecule has 0 unspecified atom stereocenters. The number of hydrogen-bond donors (Lipinski definition) is 4. The van der Waals surface area contributed by atoms with Gasteiger partial charge in [-0.2, -0.15) is 10.2 Å². The third-order valence-corrected chi connectivity index (χ3v) is 5.85. The molecular formula is C28H27FN8O3. The molecule has 0 aliphatic rings. The maximum atomic E-state index is 14.9. The van der Waals surface area contributed by atoms with E-state index in [4.69, 9.17) is 9.84 Å². The Morgan fingerprint density at radius 2 is 1.77 bits per heavy atom. The van der Waals surface area contributed by atoms with Crippen LogP contribution >= 0.6 is 0 Å². The molecule has 0 aliphatic carbocycles. The number of carbonyl (C=O) groups is 2. The summed E-state index contributed by atoms with van der Waals surface area (Å²) in [7, 11) is 0. The first-order chi connectivity index (χ1) is 19.0. The molecule has 3 amide bonds. The number of aromatic amines is 1. The van der Waals surface area contributed by atoms with E-state index in [1.54, 1.807) is 23.0 Å². The van der Waals surface area contributed by atoms with Crippen LogP contribution in [0.3, 0.4) is 0 Å². The zero-order chi connectivity index (χ0) is 28.4. The minimum atomic E-state index is -0.696. The van der Waals surface area contributed by atoms with Crippen LogP contribution in [-0.2, 0) is 10.2 Å². The normalized spacial score (nSPS) is 11.3. The van der Waals surface area contributed by atoms with E-state index in [1.165, 1.54) is 31.3 Å². The number of H-pyrrole nitrogens is 1. The van der Waals surface area contributed by atoms with E-state index < -0.39 is 11.8 Å². The Bertz CT molecular complexity index is 1720. The first-order valence-corrected chi connectivity index (χ1v) is 12.4. The second kappa shape index (κ2) is 10.5. The van der Waals surface area contributed by atoms with Crippen molar-refractivity contribution in [1.29, 1.82) is 0 Å². The minimum Gasteiger partial charge on any atom is -0.457 e. The number of benzene rings is 2. The van der Waals surface area contributed by atoms with E-state index in [9.17, 15) is 14.0 Å². The highest BCUT2D eigenvalue weighted by Crippen LogP contribution is 2.29. The number of urea groups is 1. The van der Waals surface area contributed by atoms with Gasteiger partial charge in [0.15, 0.2) is 0 Å². The van der Waals surface area contributed by atoms with Crippen molar-refractivity contribution in [2.24, 2.45) is 0 Å². The second-order valence-electron chi connectivity index (χ2n) is 10.1. The number of amides is 3. The van der Waals surface area contributed by atoms with Crippen LogP contribution in [-0.4, -0.2) is 36.9 Å². The average molecular weight is 543 g/mol. The van der Waals surface area contributed by atoms with Crippen LogP contribution in [0, 0.1) is 5.82 Å². The number of ether oxygens (including phenoxy) is 1. The van der Waals surface area contributed by atoms with Crippen LogP contribution in [0.4, 0.5) is 26.5 Å². The molecule has 0 spiro atoms. The Hall–Kier alpha value is -5.26. The van der Waals surface area contributed by atoms with Crippen molar-refractivity contribution in [3.63, 3.8) is 0 Å². The molecule has 4 N–H and O–H groups in total. The van der Waals surface area contributed by atoms with E-state index in [2.05, 4.69) is 31.1 Å². The van der Waals surface area contributed by atoms with E-state index in [1.807, 2.05) is 39.0 Å². The number of anilines is 3. The van der Waals surface area contributed by atoms with E-state index in [0.717, 1.165) is 28.4 Å². The van der Waals surface area contributed by atoms with Crippen LogP contribution in [0.5, 0.6) is 11.5 Å². The summed E-state index contributed by atoms with van der Waals surface area (Å²) in [6, 6.07) is 13.9. The molecule has 0 fully saturated rings. The maximum Gasteiger partial charge on any atom is 0.324 e. The lowest BCUT2D eigenvalue weighted by Gasteiger charge is -2.14.